The van der Waals surface area contributed by atoms with Crippen LogP contribution in [0.3, 0.4) is 0 Å². The highest BCUT2D eigenvalue weighted by Crippen LogP contribution is 2.45. The van der Waals surface area contributed by atoms with E-state index in [0.29, 0.717) is 30.0 Å². The lowest BCUT2D eigenvalue weighted by atomic mass is 9.89. The predicted octanol–water partition coefficient (Wildman–Crippen LogP) is 5.60. The number of anilines is 1. The van der Waals surface area contributed by atoms with Gasteiger partial charge in [0.25, 0.3) is 11.8 Å². The largest absolute Gasteiger partial charge is 0.497 e. The van der Waals surface area contributed by atoms with E-state index in [9.17, 15) is 14.4 Å². The summed E-state index contributed by atoms with van der Waals surface area (Å²) >= 11 is 0. The fourth-order valence-corrected chi connectivity index (χ4v) is 6.23. The molecule has 1 unspecified atom stereocenters. The second-order valence-electron chi connectivity index (χ2n) is 10.9. The number of carbonyl (C=O) groups is 3. The number of para-hydroxylation sites is 1. The van der Waals surface area contributed by atoms with Crippen molar-refractivity contribution < 1.29 is 23.9 Å². The molecule has 4 aromatic carbocycles. The molecular formula is C35H30N4O5. The molecule has 0 spiro atoms. The van der Waals surface area contributed by atoms with Crippen LogP contribution in [0.4, 0.5) is 10.5 Å². The maximum absolute atomic E-state index is 14.1. The molecule has 1 fully saturated rings. The number of methoxy groups -OCH3 is 2. The summed E-state index contributed by atoms with van der Waals surface area (Å²) in [6.07, 6.45) is 0.402. The summed E-state index contributed by atoms with van der Waals surface area (Å²) in [4.78, 5) is 47.4. The van der Waals surface area contributed by atoms with Gasteiger partial charge in [-0.25, -0.2) is 9.69 Å². The van der Waals surface area contributed by atoms with Crippen molar-refractivity contribution in [2.24, 2.45) is 0 Å². The van der Waals surface area contributed by atoms with Crippen LogP contribution in [0, 0.1) is 0 Å². The molecule has 9 heteroatoms. The van der Waals surface area contributed by atoms with E-state index in [1.807, 2.05) is 72.8 Å². The molecule has 0 aliphatic carbocycles. The molecule has 0 radical (unpaired) electrons. The Hall–Kier alpha value is -5.57. The van der Waals surface area contributed by atoms with Gasteiger partial charge in [0.2, 0.25) is 0 Å². The number of H-pyrrole nitrogens is 1. The van der Waals surface area contributed by atoms with Gasteiger partial charge in [-0.15, -0.1) is 0 Å². The Morgan fingerprint density at radius 1 is 0.864 bits per heavy atom. The van der Waals surface area contributed by atoms with Crippen molar-refractivity contribution in [2.45, 2.75) is 25.0 Å². The third kappa shape index (κ3) is 4.53. The van der Waals surface area contributed by atoms with Crippen molar-refractivity contribution in [3.05, 3.63) is 125 Å². The zero-order chi connectivity index (χ0) is 30.4. The Morgan fingerprint density at radius 3 is 2.20 bits per heavy atom. The number of carbonyl (C=O) groups excluding carboxylic acids is 3. The van der Waals surface area contributed by atoms with Crippen LogP contribution in [0.1, 0.15) is 38.8 Å². The van der Waals surface area contributed by atoms with Gasteiger partial charge >= 0.3 is 6.03 Å². The summed E-state index contributed by atoms with van der Waals surface area (Å²) in [6.45, 7) is 0.353. The van der Waals surface area contributed by atoms with Gasteiger partial charge in [0.1, 0.15) is 23.6 Å². The van der Waals surface area contributed by atoms with Gasteiger partial charge in [0, 0.05) is 35.1 Å². The number of ether oxygens (including phenoxy) is 2. The summed E-state index contributed by atoms with van der Waals surface area (Å²) in [7, 11) is 3.21. The van der Waals surface area contributed by atoms with Crippen molar-refractivity contribution in [1.29, 1.82) is 0 Å². The molecule has 4 amide bonds. The number of benzene rings is 4. The van der Waals surface area contributed by atoms with Gasteiger partial charge < -0.3 is 19.8 Å². The van der Waals surface area contributed by atoms with Crippen LogP contribution in [0.25, 0.3) is 10.9 Å². The van der Waals surface area contributed by atoms with Gasteiger partial charge in [0.15, 0.2) is 0 Å². The Morgan fingerprint density at radius 2 is 1.52 bits per heavy atom. The normalized spacial score (nSPS) is 17.4. The first-order valence-corrected chi connectivity index (χ1v) is 14.4. The summed E-state index contributed by atoms with van der Waals surface area (Å²) in [5.41, 5.74) is 5.56. The van der Waals surface area contributed by atoms with E-state index in [1.165, 1.54) is 4.90 Å². The van der Waals surface area contributed by atoms with E-state index in [-0.39, 0.29) is 11.8 Å². The number of amides is 4. The molecule has 0 saturated carbocycles. The summed E-state index contributed by atoms with van der Waals surface area (Å²) in [5.74, 6) is 0.904. The maximum Gasteiger partial charge on any atom is 0.332 e. The lowest BCUT2D eigenvalue weighted by molar-refractivity contribution is -0.120. The highest BCUT2D eigenvalue weighted by molar-refractivity contribution is 6.22. The Balaban J connectivity index is 1.17. The number of imide groups is 1. The highest BCUT2D eigenvalue weighted by atomic mass is 16.5. The van der Waals surface area contributed by atoms with Crippen LogP contribution in [0.15, 0.2) is 97.1 Å². The van der Waals surface area contributed by atoms with Gasteiger partial charge in [0.05, 0.1) is 19.9 Å². The molecule has 0 bridgehead atoms. The Kier molecular flexibility index (Phi) is 6.77. The highest BCUT2D eigenvalue weighted by Gasteiger charge is 2.53. The SMILES string of the molecule is COc1ccc(CNC(=O)c2ccc(N3C(=O)[C@@H]4Cc5c([nH]c6ccccc56)C(c5ccc(OC)cc5)N4C3=O)cc2)cc1. The zero-order valence-electron chi connectivity index (χ0n) is 24.2. The number of nitrogens with one attached hydrogen (secondary N) is 2. The third-order valence-corrected chi connectivity index (χ3v) is 8.48. The van der Waals surface area contributed by atoms with Gasteiger partial charge in [-0.3, -0.25) is 14.5 Å². The van der Waals surface area contributed by atoms with Crippen LogP contribution >= 0.6 is 0 Å². The molecule has 44 heavy (non-hydrogen) atoms. The average Bonchev–Trinajstić information content (AvgIpc) is 3.56. The van der Waals surface area contributed by atoms with Crippen LogP contribution in [-0.4, -0.2) is 48.0 Å². The van der Waals surface area contributed by atoms with E-state index in [0.717, 1.165) is 39.0 Å². The number of hydrogen-bond acceptors (Lipinski definition) is 5. The molecule has 2 aliphatic rings. The molecule has 2 N–H and O–H groups in total. The lowest BCUT2D eigenvalue weighted by Crippen LogP contribution is -2.44. The number of aromatic nitrogens is 1. The molecule has 5 aromatic rings. The first kappa shape index (κ1) is 27.3. The van der Waals surface area contributed by atoms with Gasteiger partial charge in [-0.1, -0.05) is 42.5 Å². The fraction of sp³-hybridized carbons (Fsp3) is 0.171. The van der Waals surface area contributed by atoms with Crippen molar-refractivity contribution in [3.8, 4) is 11.5 Å². The van der Waals surface area contributed by atoms with Crippen molar-refractivity contribution in [2.75, 3.05) is 19.1 Å². The molecule has 2 aliphatic heterocycles. The summed E-state index contributed by atoms with van der Waals surface area (Å²) < 4.78 is 10.5. The monoisotopic (exact) mass is 586 g/mol. The zero-order valence-corrected chi connectivity index (χ0v) is 24.2. The van der Waals surface area contributed by atoms with Crippen LogP contribution < -0.4 is 19.7 Å². The minimum absolute atomic E-state index is 0.256. The molecule has 2 atom stereocenters. The fourth-order valence-electron chi connectivity index (χ4n) is 6.23. The molecule has 1 saturated heterocycles. The van der Waals surface area contributed by atoms with Gasteiger partial charge in [-0.2, -0.15) is 0 Å². The number of fused-ring (bicyclic) bond motifs is 4. The van der Waals surface area contributed by atoms with Crippen molar-refractivity contribution >= 4 is 34.4 Å². The number of rotatable bonds is 7. The van der Waals surface area contributed by atoms with E-state index < -0.39 is 18.1 Å². The van der Waals surface area contributed by atoms with Crippen LogP contribution in [0.2, 0.25) is 0 Å². The topological polar surface area (TPSA) is 104 Å². The molecule has 7 rings (SSSR count). The van der Waals surface area contributed by atoms with Crippen molar-refractivity contribution in [1.82, 2.24) is 15.2 Å². The number of urea groups is 1. The van der Waals surface area contributed by atoms with E-state index in [2.05, 4.69) is 10.3 Å². The van der Waals surface area contributed by atoms with E-state index in [1.54, 1.807) is 43.4 Å². The van der Waals surface area contributed by atoms with Crippen LogP contribution in [0.5, 0.6) is 11.5 Å². The first-order chi connectivity index (χ1) is 21.5. The first-order valence-electron chi connectivity index (χ1n) is 14.4. The number of hydrogen-bond donors (Lipinski definition) is 2. The number of aromatic amines is 1. The van der Waals surface area contributed by atoms with Gasteiger partial charge in [-0.05, 0) is 71.3 Å². The quantitative estimate of drug-likeness (QED) is 0.242. The minimum Gasteiger partial charge on any atom is -0.497 e. The lowest BCUT2D eigenvalue weighted by Gasteiger charge is -2.36. The molecular weight excluding hydrogens is 556 g/mol. The number of nitrogens with zero attached hydrogens (tertiary/aromatic N) is 2. The average molecular weight is 587 g/mol. The Bertz CT molecular complexity index is 1880. The smallest absolute Gasteiger partial charge is 0.332 e. The summed E-state index contributed by atoms with van der Waals surface area (Å²) in [5, 5.41) is 3.95. The third-order valence-electron chi connectivity index (χ3n) is 8.48. The minimum atomic E-state index is -0.672. The molecule has 1 aromatic heterocycles. The standard InChI is InChI=1S/C35H30N4O5/c1-43-25-15-7-21(8-16-25)20-36-33(40)23-9-13-24(14-10-23)38-34(41)30-19-28-27-5-3-4-6-29(27)37-31(28)32(39(30)35(38)42)22-11-17-26(44-2)18-12-22/h3-18,30,32,37H,19-20H2,1-2H3,(H,36,40)/t30-,32?/m0/s1. The second kappa shape index (κ2) is 10.9. The van der Waals surface area contributed by atoms with Crippen molar-refractivity contribution in [3.63, 3.8) is 0 Å². The summed E-state index contributed by atoms with van der Waals surface area (Å²) in [6, 6.07) is 28.0. The maximum atomic E-state index is 14.1. The van der Waals surface area contributed by atoms with E-state index in [4.69, 9.17) is 9.47 Å². The molecule has 220 valence electrons. The second-order valence-corrected chi connectivity index (χ2v) is 10.9. The Labute approximate surface area is 254 Å². The molecule has 3 heterocycles. The predicted molar refractivity (Wildman–Crippen MR) is 166 cm³/mol. The van der Waals surface area contributed by atoms with E-state index >= 15 is 0 Å². The molecule has 9 nitrogen and oxygen atoms in total. The van der Waals surface area contributed by atoms with Crippen LogP contribution in [-0.2, 0) is 17.8 Å².